The van der Waals surface area contributed by atoms with Crippen molar-refractivity contribution >= 4 is 29.1 Å². The lowest BCUT2D eigenvalue weighted by molar-refractivity contribution is -0.384. The number of nitro groups is 1. The Balaban J connectivity index is 1.39. The first-order chi connectivity index (χ1) is 14.7. The van der Waals surface area contributed by atoms with Crippen LogP contribution in [0.4, 0.5) is 27.8 Å². The number of carbonyl (C=O) groups excluding carboxylic acids is 1. The average molecular weight is 426 g/mol. The molecule has 0 N–H and O–H groups in total. The zero-order valence-corrected chi connectivity index (χ0v) is 17.9. The Labute approximate surface area is 180 Å². The van der Waals surface area contributed by atoms with Crippen LogP contribution in [-0.2, 0) is 11.2 Å². The van der Waals surface area contributed by atoms with Crippen LogP contribution in [0.5, 0.6) is 0 Å². The maximum atomic E-state index is 12.2. The van der Waals surface area contributed by atoms with Gasteiger partial charge in [-0.25, -0.2) is 4.79 Å². The number of rotatable bonds is 3. The molecule has 0 bridgehead atoms. The second-order valence-corrected chi connectivity index (χ2v) is 8.68. The predicted octanol–water partition coefficient (Wildman–Crippen LogP) is 3.14. The van der Waals surface area contributed by atoms with Crippen LogP contribution >= 0.6 is 0 Å². The van der Waals surface area contributed by atoms with Crippen LogP contribution in [0.25, 0.3) is 0 Å². The van der Waals surface area contributed by atoms with Gasteiger partial charge in [0.05, 0.1) is 4.92 Å². The van der Waals surface area contributed by atoms with Crippen molar-refractivity contribution in [2.45, 2.75) is 32.8 Å². The van der Waals surface area contributed by atoms with Gasteiger partial charge in [0.15, 0.2) is 11.6 Å². The fraction of sp³-hybridized carbons (Fsp3) is 0.476. The van der Waals surface area contributed by atoms with Gasteiger partial charge in [-0.05, 0) is 51.0 Å². The number of hydrogen-bond acceptors (Lipinski definition) is 8. The van der Waals surface area contributed by atoms with Crippen LogP contribution in [-0.4, -0.2) is 64.4 Å². The lowest BCUT2D eigenvalue weighted by Gasteiger charge is -2.36. The van der Waals surface area contributed by atoms with Crippen molar-refractivity contribution < 1.29 is 14.5 Å². The molecule has 1 fully saturated rings. The Morgan fingerprint density at radius 1 is 1.03 bits per heavy atom. The van der Waals surface area contributed by atoms with Crippen LogP contribution in [0.1, 0.15) is 26.3 Å². The molecular formula is C21H26N6O4. The molecule has 1 aromatic heterocycles. The van der Waals surface area contributed by atoms with Crippen LogP contribution in [0, 0.1) is 10.1 Å². The molecule has 2 aromatic rings. The summed E-state index contributed by atoms with van der Waals surface area (Å²) in [7, 11) is 0. The number of carbonyl (C=O) groups is 1. The van der Waals surface area contributed by atoms with Gasteiger partial charge in [-0.3, -0.25) is 10.1 Å². The molecular weight excluding hydrogens is 400 g/mol. The van der Waals surface area contributed by atoms with Gasteiger partial charge in [0.25, 0.3) is 5.69 Å². The molecule has 4 rings (SSSR count). The highest BCUT2D eigenvalue weighted by molar-refractivity contribution is 5.70. The third kappa shape index (κ3) is 4.52. The lowest BCUT2D eigenvalue weighted by Crippen LogP contribution is -2.50. The van der Waals surface area contributed by atoms with E-state index in [0.717, 1.165) is 23.5 Å². The summed E-state index contributed by atoms with van der Waals surface area (Å²) in [5, 5.41) is 19.8. The molecule has 0 atom stereocenters. The van der Waals surface area contributed by atoms with Gasteiger partial charge in [-0.1, -0.05) is 0 Å². The minimum Gasteiger partial charge on any atom is -0.444 e. The number of hydrogen-bond donors (Lipinski definition) is 0. The van der Waals surface area contributed by atoms with Crippen molar-refractivity contribution in [2.24, 2.45) is 0 Å². The first-order valence-corrected chi connectivity index (χ1v) is 10.3. The van der Waals surface area contributed by atoms with Gasteiger partial charge < -0.3 is 19.4 Å². The predicted molar refractivity (Wildman–Crippen MR) is 116 cm³/mol. The van der Waals surface area contributed by atoms with Gasteiger partial charge in [0, 0.05) is 50.5 Å². The summed E-state index contributed by atoms with van der Waals surface area (Å²) in [4.78, 5) is 28.7. The minimum atomic E-state index is -0.505. The Bertz CT molecular complexity index is 980. The van der Waals surface area contributed by atoms with E-state index in [4.69, 9.17) is 4.74 Å². The molecule has 164 valence electrons. The minimum absolute atomic E-state index is 0.104. The fourth-order valence-corrected chi connectivity index (χ4v) is 3.82. The number of nitro benzene ring substituents is 1. The monoisotopic (exact) mass is 426 g/mol. The number of anilines is 3. The summed E-state index contributed by atoms with van der Waals surface area (Å²) < 4.78 is 5.44. The van der Waals surface area contributed by atoms with E-state index in [2.05, 4.69) is 15.1 Å². The second kappa shape index (κ2) is 8.01. The largest absolute Gasteiger partial charge is 0.444 e. The van der Waals surface area contributed by atoms with Gasteiger partial charge in [-0.15, -0.1) is 10.2 Å². The number of nitrogens with zero attached hydrogens (tertiary/aromatic N) is 6. The summed E-state index contributed by atoms with van der Waals surface area (Å²) in [6.07, 6.45) is 0.439. The molecule has 0 spiro atoms. The molecule has 10 nitrogen and oxygen atoms in total. The van der Waals surface area contributed by atoms with Crippen molar-refractivity contribution in [3.8, 4) is 0 Å². The quantitative estimate of drug-likeness (QED) is 0.544. The molecule has 2 aliphatic heterocycles. The Morgan fingerprint density at radius 2 is 1.71 bits per heavy atom. The summed E-state index contributed by atoms with van der Waals surface area (Å²) in [5.74, 6) is 1.47. The van der Waals surface area contributed by atoms with Crippen molar-refractivity contribution in [1.29, 1.82) is 0 Å². The van der Waals surface area contributed by atoms with Crippen molar-refractivity contribution in [2.75, 3.05) is 42.5 Å². The number of non-ortho nitro benzene ring substituents is 1. The van der Waals surface area contributed by atoms with E-state index < -0.39 is 5.60 Å². The topological polar surface area (TPSA) is 105 Å². The molecule has 0 radical (unpaired) electrons. The van der Waals surface area contributed by atoms with Crippen LogP contribution in [0.3, 0.4) is 0 Å². The highest BCUT2D eigenvalue weighted by Crippen LogP contribution is 2.35. The molecule has 10 heteroatoms. The SMILES string of the molecule is CC(C)(C)OC(=O)N1CCN(c2ccc(N3CCc4cc([N+](=O)[O-])ccc43)nn2)CC1. The van der Waals surface area contributed by atoms with Crippen LogP contribution < -0.4 is 9.80 Å². The van der Waals surface area contributed by atoms with Crippen molar-refractivity contribution in [3.63, 3.8) is 0 Å². The smallest absolute Gasteiger partial charge is 0.410 e. The molecule has 0 unspecified atom stereocenters. The van der Waals surface area contributed by atoms with Gasteiger partial charge in [0.1, 0.15) is 5.60 Å². The zero-order valence-electron chi connectivity index (χ0n) is 17.9. The van der Waals surface area contributed by atoms with Crippen LogP contribution in [0.2, 0.25) is 0 Å². The number of aromatic nitrogens is 2. The van der Waals surface area contributed by atoms with Crippen molar-refractivity contribution in [3.05, 3.63) is 46.0 Å². The normalized spacial score (nSPS) is 16.3. The molecule has 1 saturated heterocycles. The summed E-state index contributed by atoms with van der Waals surface area (Å²) in [6, 6.07) is 8.75. The number of ether oxygens (including phenoxy) is 1. The van der Waals surface area contributed by atoms with E-state index in [1.807, 2.05) is 37.8 Å². The summed E-state index contributed by atoms with van der Waals surface area (Å²) in [6.45, 7) is 8.73. The molecule has 2 aliphatic rings. The first kappa shape index (κ1) is 20.8. The number of fused-ring (bicyclic) bond motifs is 1. The number of piperazine rings is 1. The maximum Gasteiger partial charge on any atom is 0.410 e. The van der Waals surface area contributed by atoms with E-state index in [0.29, 0.717) is 38.5 Å². The fourth-order valence-electron chi connectivity index (χ4n) is 3.82. The number of amides is 1. The van der Waals surface area contributed by atoms with E-state index >= 15 is 0 Å². The number of benzene rings is 1. The van der Waals surface area contributed by atoms with Gasteiger partial charge in [-0.2, -0.15) is 0 Å². The van der Waals surface area contributed by atoms with E-state index in [-0.39, 0.29) is 16.7 Å². The van der Waals surface area contributed by atoms with Crippen molar-refractivity contribution in [1.82, 2.24) is 15.1 Å². The molecule has 31 heavy (non-hydrogen) atoms. The summed E-state index contributed by atoms with van der Waals surface area (Å²) >= 11 is 0. The highest BCUT2D eigenvalue weighted by atomic mass is 16.6. The summed E-state index contributed by atoms with van der Waals surface area (Å²) in [5.41, 5.74) is 1.47. The highest BCUT2D eigenvalue weighted by Gasteiger charge is 2.27. The second-order valence-electron chi connectivity index (χ2n) is 8.68. The third-order valence-electron chi connectivity index (χ3n) is 5.34. The molecule has 1 amide bonds. The zero-order chi connectivity index (χ0) is 22.2. The Morgan fingerprint density at radius 3 is 2.32 bits per heavy atom. The molecule has 1 aromatic carbocycles. The molecule has 0 aliphatic carbocycles. The van der Waals surface area contributed by atoms with Crippen LogP contribution in [0.15, 0.2) is 30.3 Å². The Kier molecular flexibility index (Phi) is 5.38. The third-order valence-corrected chi connectivity index (χ3v) is 5.34. The average Bonchev–Trinajstić information content (AvgIpc) is 3.16. The standard InChI is InChI=1S/C21H26N6O4/c1-21(2,3)31-20(28)25-12-10-24(11-13-25)18-6-7-19(23-22-18)26-9-8-15-14-16(27(29)30)4-5-17(15)26/h4-7,14H,8-13H2,1-3H3. The molecule has 3 heterocycles. The van der Waals surface area contributed by atoms with E-state index in [9.17, 15) is 14.9 Å². The van der Waals surface area contributed by atoms with E-state index in [1.165, 1.54) is 6.07 Å². The van der Waals surface area contributed by atoms with E-state index in [1.54, 1.807) is 17.0 Å². The molecule has 0 saturated carbocycles. The Hall–Kier alpha value is -3.43. The first-order valence-electron chi connectivity index (χ1n) is 10.3. The van der Waals surface area contributed by atoms with Gasteiger partial charge in [0.2, 0.25) is 0 Å². The van der Waals surface area contributed by atoms with Gasteiger partial charge >= 0.3 is 6.09 Å². The maximum absolute atomic E-state index is 12.2. The lowest BCUT2D eigenvalue weighted by atomic mass is 10.1.